The zero-order chi connectivity index (χ0) is 20.8. The molecule has 3 rings (SSSR count). The highest BCUT2D eigenvalue weighted by atomic mass is 35.5. The van der Waals surface area contributed by atoms with Crippen molar-refractivity contribution < 1.29 is 14.3 Å². The van der Waals surface area contributed by atoms with E-state index in [1.54, 1.807) is 43.5 Å². The molecule has 1 saturated heterocycles. The summed E-state index contributed by atoms with van der Waals surface area (Å²) in [6, 6.07) is 14.2. The lowest BCUT2D eigenvalue weighted by Crippen LogP contribution is -2.28. The number of anilines is 1. The Hall–Kier alpha value is -2.84. The van der Waals surface area contributed by atoms with Gasteiger partial charge in [0.15, 0.2) is 5.17 Å². The van der Waals surface area contributed by atoms with E-state index in [2.05, 4.69) is 20.8 Å². The number of amidine groups is 1. The van der Waals surface area contributed by atoms with Crippen LogP contribution in [-0.4, -0.2) is 35.1 Å². The van der Waals surface area contributed by atoms with Crippen LogP contribution < -0.4 is 15.4 Å². The molecule has 1 heterocycles. The first-order valence-electron chi connectivity index (χ1n) is 8.74. The van der Waals surface area contributed by atoms with E-state index in [1.807, 2.05) is 19.1 Å². The van der Waals surface area contributed by atoms with E-state index in [-0.39, 0.29) is 18.2 Å². The van der Waals surface area contributed by atoms with Gasteiger partial charge in [-0.05, 0) is 48.9 Å². The third-order valence-electron chi connectivity index (χ3n) is 4.07. The SMILES string of the molecule is COc1ccc(NC(=O)C[C@H]2S/C(=N\N=C(\C)c3ccc(Cl)cc3)NC2=O)cc1. The van der Waals surface area contributed by atoms with E-state index in [0.717, 1.165) is 5.56 Å². The van der Waals surface area contributed by atoms with Crippen molar-refractivity contribution in [3.63, 3.8) is 0 Å². The summed E-state index contributed by atoms with van der Waals surface area (Å²) in [6.45, 7) is 1.81. The quantitative estimate of drug-likeness (QED) is 0.540. The number of thioether (sulfide) groups is 1. The van der Waals surface area contributed by atoms with Crippen LogP contribution in [0.25, 0.3) is 0 Å². The third-order valence-corrected chi connectivity index (χ3v) is 5.40. The maximum Gasteiger partial charge on any atom is 0.240 e. The Labute approximate surface area is 177 Å². The van der Waals surface area contributed by atoms with Crippen molar-refractivity contribution in [1.82, 2.24) is 5.32 Å². The first-order chi connectivity index (χ1) is 13.9. The summed E-state index contributed by atoms with van der Waals surface area (Å²) in [6.07, 6.45) is 0.0292. The van der Waals surface area contributed by atoms with Gasteiger partial charge < -0.3 is 15.4 Å². The molecule has 1 aliphatic rings. The number of hydrogen-bond acceptors (Lipinski definition) is 6. The number of ether oxygens (including phenoxy) is 1. The molecule has 0 aliphatic carbocycles. The highest BCUT2D eigenvalue weighted by molar-refractivity contribution is 8.15. The molecule has 1 aliphatic heterocycles. The number of rotatable bonds is 6. The van der Waals surface area contributed by atoms with Crippen molar-refractivity contribution in [2.45, 2.75) is 18.6 Å². The minimum absolute atomic E-state index is 0.0292. The lowest BCUT2D eigenvalue weighted by Gasteiger charge is -2.08. The number of benzene rings is 2. The first-order valence-corrected chi connectivity index (χ1v) is 10.00. The molecule has 2 aromatic rings. The van der Waals surface area contributed by atoms with Crippen molar-refractivity contribution in [2.24, 2.45) is 10.2 Å². The summed E-state index contributed by atoms with van der Waals surface area (Å²) in [4.78, 5) is 24.4. The van der Waals surface area contributed by atoms with Gasteiger partial charge in [-0.1, -0.05) is 35.5 Å². The van der Waals surface area contributed by atoms with Crippen LogP contribution in [0.3, 0.4) is 0 Å². The van der Waals surface area contributed by atoms with Gasteiger partial charge in [-0.2, -0.15) is 5.10 Å². The molecule has 0 saturated carbocycles. The fourth-order valence-corrected chi connectivity index (χ4v) is 3.55. The molecule has 29 heavy (non-hydrogen) atoms. The number of amides is 2. The maximum atomic E-state index is 12.2. The normalized spacial score (nSPS) is 17.9. The topological polar surface area (TPSA) is 92.2 Å². The summed E-state index contributed by atoms with van der Waals surface area (Å²) in [7, 11) is 1.57. The summed E-state index contributed by atoms with van der Waals surface area (Å²) in [5.74, 6) is 0.173. The van der Waals surface area contributed by atoms with Crippen LogP contribution in [0.1, 0.15) is 18.9 Å². The number of nitrogens with one attached hydrogen (secondary N) is 2. The molecular formula is C20H19ClN4O3S. The molecule has 2 N–H and O–H groups in total. The van der Waals surface area contributed by atoms with Crippen LogP contribution in [0.2, 0.25) is 5.02 Å². The lowest BCUT2D eigenvalue weighted by molar-refractivity contribution is -0.122. The summed E-state index contributed by atoms with van der Waals surface area (Å²) < 4.78 is 5.08. The van der Waals surface area contributed by atoms with E-state index in [4.69, 9.17) is 16.3 Å². The van der Waals surface area contributed by atoms with Crippen molar-refractivity contribution in [3.05, 3.63) is 59.1 Å². The van der Waals surface area contributed by atoms with Crippen molar-refractivity contribution in [2.75, 3.05) is 12.4 Å². The van der Waals surface area contributed by atoms with Gasteiger partial charge in [-0.3, -0.25) is 9.59 Å². The van der Waals surface area contributed by atoms with Crippen LogP contribution in [-0.2, 0) is 9.59 Å². The minimum atomic E-state index is -0.557. The number of hydrogen-bond donors (Lipinski definition) is 2. The average Bonchev–Trinajstić information content (AvgIpc) is 3.06. The Balaban J connectivity index is 1.57. The van der Waals surface area contributed by atoms with Crippen LogP contribution in [0, 0.1) is 0 Å². The summed E-state index contributed by atoms with van der Waals surface area (Å²) >= 11 is 7.06. The average molecular weight is 431 g/mol. The van der Waals surface area contributed by atoms with Gasteiger partial charge in [0.25, 0.3) is 0 Å². The van der Waals surface area contributed by atoms with E-state index in [1.165, 1.54) is 11.8 Å². The Morgan fingerprint density at radius 3 is 2.55 bits per heavy atom. The molecule has 150 valence electrons. The molecule has 0 aromatic heterocycles. The molecule has 0 unspecified atom stereocenters. The largest absolute Gasteiger partial charge is 0.497 e. The first kappa shape index (κ1) is 20.9. The highest BCUT2D eigenvalue weighted by Crippen LogP contribution is 2.23. The molecule has 2 aromatic carbocycles. The molecule has 7 nitrogen and oxygen atoms in total. The van der Waals surface area contributed by atoms with Crippen LogP contribution in [0.15, 0.2) is 58.7 Å². The van der Waals surface area contributed by atoms with E-state index in [9.17, 15) is 9.59 Å². The maximum absolute atomic E-state index is 12.2. The third kappa shape index (κ3) is 5.82. The second-order valence-electron chi connectivity index (χ2n) is 6.17. The minimum Gasteiger partial charge on any atom is -0.497 e. The molecule has 0 radical (unpaired) electrons. The zero-order valence-electron chi connectivity index (χ0n) is 15.8. The molecule has 1 atom stereocenters. The second-order valence-corrected chi connectivity index (χ2v) is 7.80. The van der Waals surface area contributed by atoms with Gasteiger partial charge in [0.05, 0.1) is 12.8 Å². The lowest BCUT2D eigenvalue weighted by atomic mass is 10.1. The van der Waals surface area contributed by atoms with E-state index < -0.39 is 5.25 Å². The molecule has 0 bridgehead atoms. The predicted molar refractivity (Wildman–Crippen MR) is 117 cm³/mol. The molecule has 1 fully saturated rings. The number of carbonyl (C=O) groups excluding carboxylic acids is 2. The molecular weight excluding hydrogens is 412 g/mol. The van der Waals surface area contributed by atoms with Gasteiger partial charge in [-0.15, -0.1) is 5.10 Å². The van der Waals surface area contributed by atoms with E-state index in [0.29, 0.717) is 27.3 Å². The summed E-state index contributed by atoms with van der Waals surface area (Å²) in [5.41, 5.74) is 2.20. The molecule has 2 amide bonds. The Bertz CT molecular complexity index is 959. The van der Waals surface area contributed by atoms with Crippen LogP contribution >= 0.6 is 23.4 Å². The fraction of sp³-hybridized carbons (Fsp3) is 0.200. The Morgan fingerprint density at radius 2 is 1.90 bits per heavy atom. The van der Waals surface area contributed by atoms with Gasteiger partial charge >= 0.3 is 0 Å². The number of methoxy groups -OCH3 is 1. The van der Waals surface area contributed by atoms with Gasteiger partial charge in [0, 0.05) is 17.1 Å². The summed E-state index contributed by atoms with van der Waals surface area (Å²) in [5, 5.41) is 14.1. The highest BCUT2D eigenvalue weighted by Gasteiger charge is 2.32. The number of nitrogens with zero attached hydrogens (tertiary/aromatic N) is 2. The van der Waals surface area contributed by atoms with Gasteiger partial charge in [-0.25, -0.2) is 0 Å². The standard InChI is InChI=1S/C20H19ClN4O3S/c1-12(13-3-5-14(21)6-4-13)24-25-20-23-19(27)17(29-20)11-18(26)22-15-7-9-16(28-2)10-8-15/h3-10,17H,11H2,1-2H3,(H,22,26)(H,23,25,27)/b24-12-/t17-/m1/s1. The van der Waals surface area contributed by atoms with Gasteiger partial charge in [0.2, 0.25) is 11.8 Å². The number of halogens is 1. The second kappa shape index (κ2) is 9.58. The van der Waals surface area contributed by atoms with Gasteiger partial charge in [0.1, 0.15) is 11.0 Å². The van der Waals surface area contributed by atoms with Crippen LogP contribution in [0.5, 0.6) is 5.75 Å². The smallest absolute Gasteiger partial charge is 0.240 e. The fourth-order valence-electron chi connectivity index (χ4n) is 2.51. The van der Waals surface area contributed by atoms with Crippen molar-refractivity contribution >= 4 is 51.7 Å². The zero-order valence-corrected chi connectivity index (χ0v) is 17.4. The molecule has 0 spiro atoms. The monoisotopic (exact) mass is 430 g/mol. The van der Waals surface area contributed by atoms with Crippen molar-refractivity contribution in [3.8, 4) is 5.75 Å². The Morgan fingerprint density at radius 1 is 1.21 bits per heavy atom. The number of carbonyl (C=O) groups is 2. The van der Waals surface area contributed by atoms with Crippen molar-refractivity contribution in [1.29, 1.82) is 0 Å². The van der Waals surface area contributed by atoms with E-state index >= 15 is 0 Å². The predicted octanol–water partition coefficient (Wildman–Crippen LogP) is 3.69. The molecule has 9 heteroatoms. The Kier molecular flexibility index (Phi) is 6.90. The van der Waals surface area contributed by atoms with Crippen LogP contribution in [0.4, 0.5) is 5.69 Å².